The lowest BCUT2D eigenvalue weighted by molar-refractivity contribution is 0.268. The van der Waals surface area contributed by atoms with Crippen molar-refractivity contribution in [3.05, 3.63) is 35.0 Å². The van der Waals surface area contributed by atoms with Crippen molar-refractivity contribution in [2.24, 2.45) is 0 Å². The van der Waals surface area contributed by atoms with Gasteiger partial charge in [-0.25, -0.2) is 8.42 Å². The molecule has 1 fully saturated rings. The molecule has 1 aliphatic heterocycles. The third-order valence-electron chi connectivity index (χ3n) is 4.94. The van der Waals surface area contributed by atoms with Gasteiger partial charge in [0.15, 0.2) is 5.76 Å². The Balaban J connectivity index is 2.07. The lowest BCUT2D eigenvalue weighted by atomic mass is 10.1. The molecule has 2 heterocycles. The molecule has 1 atom stereocenters. The van der Waals surface area contributed by atoms with Crippen LogP contribution in [0, 0.1) is 20.8 Å². The summed E-state index contributed by atoms with van der Waals surface area (Å²) in [5, 5.41) is 3.97. The van der Waals surface area contributed by atoms with E-state index in [1.165, 1.54) is 0 Å². The average Bonchev–Trinajstić information content (AvgIpc) is 2.88. The first-order chi connectivity index (χ1) is 11.3. The van der Waals surface area contributed by atoms with E-state index in [1.807, 2.05) is 39.8 Å². The standard InChI is InChI=1S/C18H24N2O3S/c1-12-8-9-16(18-14(3)15(4)19-23-18)11-17(12)24(21,22)20-10-6-5-7-13(20)2/h8-9,11,13H,5-7,10H2,1-4H3. The van der Waals surface area contributed by atoms with E-state index < -0.39 is 10.0 Å². The van der Waals surface area contributed by atoms with Crippen LogP contribution in [0.5, 0.6) is 0 Å². The molecule has 2 aromatic rings. The molecule has 0 saturated carbocycles. The lowest BCUT2D eigenvalue weighted by Gasteiger charge is -2.32. The van der Waals surface area contributed by atoms with Crippen LogP contribution >= 0.6 is 0 Å². The number of hydrogen-bond donors (Lipinski definition) is 0. The van der Waals surface area contributed by atoms with Crippen molar-refractivity contribution in [2.45, 2.75) is 57.9 Å². The summed E-state index contributed by atoms with van der Waals surface area (Å²) in [6.45, 7) is 8.22. The Bertz CT molecular complexity index is 855. The molecule has 0 amide bonds. The molecule has 1 aromatic heterocycles. The van der Waals surface area contributed by atoms with Crippen molar-refractivity contribution in [3.8, 4) is 11.3 Å². The van der Waals surface area contributed by atoms with Crippen molar-refractivity contribution < 1.29 is 12.9 Å². The zero-order valence-corrected chi connectivity index (χ0v) is 15.5. The Morgan fingerprint density at radius 1 is 1.21 bits per heavy atom. The predicted molar refractivity (Wildman–Crippen MR) is 93.4 cm³/mol. The number of sulfonamides is 1. The highest BCUT2D eigenvalue weighted by molar-refractivity contribution is 7.89. The maximum Gasteiger partial charge on any atom is 0.243 e. The van der Waals surface area contributed by atoms with Crippen LogP contribution in [0.2, 0.25) is 0 Å². The van der Waals surface area contributed by atoms with Crippen LogP contribution in [0.15, 0.2) is 27.6 Å². The van der Waals surface area contributed by atoms with E-state index >= 15 is 0 Å². The first kappa shape index (κ1) is 17.2. The molecule has 1 saturated heterocycles. The minimum absolute atomic E-state index is 0.0427. The van der Waals surface area contributed by atoms with Gasteiger partial charge in [0.2, 0.25) is 10.0 Å². The molecule has 1 unspecified atom stereocenters. The molecule has 130 valence electrons. The van der Waals surface area contributed by atoms with Gasteiger partial charge < -0.3 is 4.52 Å². The smallest absolute Gasteiger partial charge is 0.243 e. The summed E-state index contributed by atoms with van der Waals surface area (Å²) >= 11 is 0. The quantitative estimate of drug-likeness (QED) is 0.845. The third-order valence-corrected chi connectivity index (χ3v) is 7.09. The molecule has 24 heavy (non-hydrogen) atoms. The summed E-state index contributed by atoms with van der Waals surface area (Å²) in [6.07, 6.45) is 2.92. The summed E-state index contributed by atoms with van der Waals surface area (Å²) in [5.41, 5.74) is 3.26. The second-order valence-electron chi connectivity index (χ2n) is 6.66. The van der Waals surface area contributed by atoms with Crippen molar-refractivity contribution in [1.29, 1.82) is 0 Å². The fourth-order valence-corrected chi connectivity index (χ4v) is 5.21. The monoisotopic (exact) mass is 348 g/mol. The molecule has 0 aliphatic carbocycles. The first-order valence-electron chi connectivity index (χ1n) is 8.38. The SMILES string of the molecule is Cc1ccc(-c2onc(C)c2C)cc1S(=O)(=O)N1CCCCC1C. The highest BCUT2D eigenvalue weighted by Gasteiger charge is 2.32. The van der Waals surface area contributed by atoms with Gasteiger partial charge in [-0.15, -0.1) is 0 Å². The van der Waals surface area contributed by atoms with E-state index in [0.29, 0.717) is 17.2 Å². The topological polar surface area (TPSA) is 63.4 Å². The number of rotatable bonds is 3. The van der Waals surface area contributed by atoms with Crippen molar-refractivity contribution in [3.63, 3.8) is 0 Å². The number of hydrogen-bond acceptors (Lipinski definition) is 4. The molecule has 1 aliphatic rings. The number of piperidine rings is 1. The zero-order valence-electron chi connectivity index (χ0n) is 14.7. The second kappa shape index (κ2) is 6.33. The molecule has 6 heteroatoms. The van der Waals surface area contributed by atoms with Gasteiger partial charge in [-0.1, -0.05) is 23.7 Å². The summed E-state index contributed by atoms with van der Waals surface area (Å²) in [4.78, 5) is 0.363. The highest BCUT2D eigenvalue weighted by Crippen LogP contribution is 2.32. The molecule has 0 N–H and O–H groups in total. The zero-order chi connectivity index (χ0) is 17.5. The molecule has 5 nitrogen and oxygen atoms in total. The maximum absolute atomic E-state index is 13.2. The van der Waals surface area contributed by atoms with E-state index in [-0.39, 0.29) is 6.04 Å². The number of nitrogens with zero attached hydrogens (tertiary/aromatic N) is 2. The third kappa shape index (κ3) is 2.89. The minimum atomic E-state index is -3.51. The Morgan fingerprint density at radius 2 is 1.96 bits per heavy atom. The molecular weight excluding hydrogens is 324 g/mol. The van der Waals surface area contributed by atoms with E-state index in [1.54, 1.807) is 10.4 Å². The van der Waals surface area contributed by atoms with Gasteiger partial charge in [0.1, 0.15) is 0 Å². The van der Waals surface area contributed by atoms with Gasteiger partial charge in [-0.2, -0.15) is 4.31 Å². The fraction of sp³-hybridized carbons (Fsp3) is 0.500. The number of aryl methyl sites for hydroxylation is 2. The van der Waals surface area contributed by atoms with E-state index in [2.05, 4.69) is 5.16 Å². The van der Waals surface area contributed by atoms with Gasteiger partial charge in [0.25, 0.3) is 0 Å². The summed E-state index contributed by atoms with van der Waals surface area (Å²) in [7, 11) is -3.51. The van der Waals surface area contributed by atoms with Crippen LogP contribution in [0.1, 0.15) is 43.0 Å². The minimum Gasteiger partial charge on any atom is -0.356 e. The number of benzene rings is 1. The van der Waals surface area contributed by atoms with Gasteiger partial charge in [-0.3, -0.25) is 0 Å². The Morgan fingerprint density at radius 3 is 2.58 bits per heavy atom. The summed E-state index contributed by atoms with van der Waals surface area (Å²) in [6, 6.07) is 5.50. The van der Waals surface area contributed by atoms with Crippen LogP contribution in [-0.2, 0) is 10.0 Å². The molecule has 0 bridgehead atoms. The van der Waals surface area contributed by atoms with Gasteiger partial charge in [0, 0.05) is 23.7 Å². The van der Waals surface area contributed by atoms with Gasteiger partial charge in [0.05, 0.1) is 10.6 Å². The van der Waals surface area contributed by atoms with Crippen LogP contribution < -0.4 is 0 Å². The predicted octanol–water partition coefficient (Wildman–Crippen LogP) is 3.83. The molecule has 0 spiro atoms. The normalized spacial score (nSPS) is 19.6. The molecular formula is C18H24N2O3S. The van der Waals surface area contributed by atoms with Crippen molar-refractivity contribution >= 4 is 10.0 Å². The van der Waals surface area contributed by atoms with E-state index in [0.717, 1.165) is 41.6 Å². The molecule has 3 rings (SSSR count). The Labute approximate surface area is 143 Å². The second-order valence-corrected chi connectivity index (χ2v) is 8.52. The maximum atomic E-state index is 13.2. The van der Waals surface area contributed by atoms with Crippen LogP contribution in [0.3, 0.4) is 0 Å². The number of aromatic nitrogens is 1. The van der Waals surface area contributed by atoms with E-state index in [9.17, 15) is 8.42 Å². The van der Waals surface area contributed by atoms with Crippen LogP contribution in [0.25, 0.3) is 11.3 Å². The van der Waals surface area contributed by atoms with Crippen molar-refractivity contribution in [2.75, 3.05) is 6.54 Å². The van der Waals surface area contributed by atoms with Gasteiger partial charge >= 0.3 is 0 Å². The van der Waals surface area contributed by atoms with Gasteiger partial charge in [-0.05, 0) is 52.2 Å². The summed E-state index contributed by atoms with van der Waals surface area (Å²) in [5.74, 6) is 0.635. The van der Waals surface area contributed by atoms with E-state index in [4.69, 9.17) is 4.52 Å². The Kier molecular flexibility index (Phi) is 4.53. The van der Waals surface area contributed by atoms with Crippen molar-refractivity contribution in [1.82, 2.24) is 9.46 Å². The molecule has 1 aromatic carbocycles. The lowest BCUT2D eigenvalue weighted by Crippen LogP contribution is -2.42. The largest absolute Gasteiger partial charge is 0.356 e. The summed E-state index contributed by atoms with van der Waals surface area (Å²) < 4.78 is 33.4. The van der Waals surface area contributed by atoms with Crippen LogP contribution in [0.4, 0.5) is 0 Å². The first-order valence-corrected chi connectivity index (χ1v) is 9.82. The van der Waals surface area contributed by atoms with Crippen LogP contribution in [-0.4, -0.2) is 30.5 Å². The Hall–Kier alpha value is -1.66. The fourth-order valence-electron chi connectivity index (χ4n) is 3.26. The molecule has 0 radical (unpaired) electrons. The average molecular weight is 348 g/mol. The highest BCUT2D eigenvalue weighted by atomic mass is 32.2.